The molecule has 3 heteroatoms. The fraction of sp³-hybridized carbons (Fsp3) is 0.333. The first-order valence-electron chi connectivity index (χ1n) is 1.61. The van der Waals surface area contributed by atoms with Crippen molar-refractivity contribution in [3.8, 4) is 0 Å². The summed E-state index contributed by atoms with van der Waals surface area (Å²) in [5.74, 6) is 0.756. The molecule has 0 saturated heterocycles. The van der Waals surface area contributed by atoms with Crippen molar-refractivity contribution in [1.29, 1.82) is 0 Å². The van der Waals surface area contributed by atoms with E-state index in [1.165, 1.54) is 0 Å². The van der Waals surface area contributed by atoms with Crippen LogP contribution < -0.4 is 0 Å². The molecule has 0 aliphatic carbocycles. The van der Waals surface area contributed by atoms with Gasteiger partial charge in [-0.05, 0) is 0 Å². The Balaban J connectivity index is 2.83. The van der Waals surface area contributed by atoms with Gasteiger partial charge in [0.1, 0.15) is 0 Å². The summed E-state index contributed by atoms with van der Waals surface area (Å²) >= 11 is -1.34. The van der Waals surface area contributed by atoms with Gasteiger partial charge in [-0.2, -0.15) is 0 Å². The van der Waals surface area contributed by atoms with E-state index < -0.39 is 23.8 Å². The van der Waals surface area contributed by atoms with Crippen molar-refractivity contribution >= 4 is 8.25 Å². The average molecular weight is 293 g/mol. The van der Waals surface area contributed by atoms with Crippen LogP contribution >= 0.6 is 8.25 Å². The Morgan fingerprint density at radius 2 is 2.50 bits per heavy atom. The molecule has 0 bridgehead atoms. The summed E-state index contributed by atoms with van der Waals surface area (Å²) < 4.78 is 4.83. The Labute approximate surface area is 53.9 Å². The van der Waals surface area contributed by atoms with Crippen LogP contribution in [-0.2, 0) is 26.4 Å². The summed E-state index contributed by atoms with van der Waals surface area (Å²) in [5.41, 5.74) is 0. The molecule has 32 valence electrons. The number of halogens is 1. The molecule has 0 aliphatic heterocycles. The van der Waals surface area contributed by atoms with E-state index in [9.17, 15) is 0 Å². The minimum atomic E-state index is -1.34. The first kappa shape index (κ1) is 6.77. The number of rotatable bonds is 2. The summed E-state index contributed by atoms with van der Waals surface area (Å²) in [5, 5.41) is 0. The van der Waals surface area contributed by atoms with E-state index in [1.54, 1.807) is 0 Å². The fourth-order valence-electron chi connectivity index (χ4n) is 0.0931. The van der Waals surface area contributed by atoms with Gasteiger partial charge in [-0.15, -0.1) is 0 Å². The Bertz CT molecular complexity index is 54.8. The van der Waals surface area contributed by atoms with Crippen LogP contribution in [0.4, 0.5) is 0 Å². The Morgan fingerprint density at radius 1 is 2.00 bits per heavy atom. The maximum absolute atomic E-state index is 5.34. The van der Waals surface area contributed by atoms with Gasteiger partial charge in [0.25, 0.3) is 0 Å². The Morgan fingerprint density at radius 3 is 2.50 bits per heavy atom. The van der Waals surface area contributed by atoms with E-state index in [0.717, 1.165) is 5.76 Å². The number of hydrogen-bond donors (Lipinski definition) is 0. The molecule has 0 aromatic rings. The molecule has 0 aliphatic rings. The first-order valence-corrected chi connectivity index (χ1v) is 10.6. The van der Waals surface area contributed by atoms with Gasteiger partial charge in [0, 0.05) is 0 Å². The van der Waals surface area contributed by atoms with Crippen LogP contribution in [0.5, 0.6) is 0 Å². The van der Waals surface area contributed by atoms with Crippen molar-refractivity contribution < 1.29 is 26.4 Å². The second-order valence-corrected chi connectivity index (χ2v) is 4.84. The molecule has 0 atom stereocenters. The molecule has 0 rings (SSSR count). The topological polar surface area (TPSA) is 9.23 Å². The van der Waals surface area contributed by atoms with Crippen LogP contribution in [0.3, 0.4) is 0 Å². The van der Waals surface area contributed by atoms with E-state index in [1.807, 2.05) is 6.92 Å². The van der Waals surface area contributed by atoms with Gasteiger partial charge in [0.15, 0.2) is 0 Å². The molecule has 0 spiro atoms. The molecular formula is C3H5ClHgO. The second kappa shape index (κ2) is 3.94. The predicted molar refractivity (Wildman–Crippen MR) is 21.8 cm³/mol. The molecule has 1 nitrogen and oxygen atoms in total. The fourth-order valence-corrected chi connectivity index (χ4v) is 2.45. The molecule has 0 heterocycles. The van der Waals surface area contributed by atoms with Gasteiger partial charge in [0.05, 0.1) is 0 Å². The molecule has 0 aromatic heterocycles. The van der Waals surface area contributed by atoms with Crippen LogP contribution in [0.1, 0.15) is 6.92 Å². The van der Waals surface area contributed by atoms with Crippen LogP contribution in [0.25, 0.3) is 0 Å². The molecule has 0 unspecified atom stereocenters. The maximum atomic E-state index is 5.34. The van der Waals surface area contributed by atoms with Crippen molar-refractivity contribution in [3.05, 3.63) is 12.3 Å². The van der Waals surface area contributed by atoms with Crippen LogP contribution in [0, 0.1) is 0 Å². The summed E-state index contributed by atoms with van der Waals surface area (Å²) in [6, 6.07) is 0. The zero-order valence-corrected chi connectivity index (χ0v) is 9.95. The van der Waals surface area contributed by atoms with Gasteiger partial charge in [0.2, 0.25) is 0 Å². The molecule has 0 N–H and O–H groups in total. The molecular weight excluding hydrogens is 288 g/mol. The van der Waals surface area contributed by atoms with Crippen molar-refractivity contribution in [2.75, 3.05) is 0 Å². The molecule has 0 amide bonds. The summed E-state index contributed by atoms with van der Waals surface area (Å²) in [4.78, 5) is 0. The van der Waals surface area contributed by atoms with Gasteiger partial charge in [-0.25, -0.2) is 0 Å². The van der Waals surface area contributed by atoms with Crippen LogP contribution in [-0.4, -0.2) is 0 Å². The molecule has 0 aromatic carbocycles. The molecule has 6 heavy (non-hydrogen) atoms. The van der Waals surface area contributed by atoms with Crippen molar-refractivity contribution in [3.63, 3.8) is 0 Å². The molecule has 0 radical (unpaired) electrons. The van der Waals surface area contributed by atoms with E-state index >= 15 is 0 Å². The van der Waals surface area contributed by atoms with Gasteiger partial charge in [-0.3, -0.25) is 0 Å². The van der Waals surface area contributed by atoms with E-state index in [4.69, 9.17) is 10.9 Å². The van der Waals surface area contributed by atoms with Crippen molar-refractivity contribution in [2.24, 2.45) is 0 Å². The third-order valence-electron chi connectivity index (χ3n) is 0.301. The quantitative estimate of drug-likeness (QED) is 0.556. The SMILES string of the molecule is C=C(C)[O][Hg][Cl]. The molecule has 0 saturated carbocycles. The standard InChI is InChI=1S/C3H6O.ClH.Hg/c1-3(2)4;;/h4H,1H2,2H3;1H;/q;;+2/p-2. The third kappa shape index (κ3) is 4.77. The minimum absolute atomic E-state index is 0.756. The summed E-state index contributed by atoms with van der Waals surface area (Å²) in [6.45, 7) is 5.30. The average Bonchev–Trinajstić information content (AvgIpc) is 1.35. The van der Waals surface area contributed by atoms with E-state index in [-0.39, 0.29) is 0 Å². The van der Waals surface area contributed by atoms with Crippen molar-refractivity contribution in [1.82, 2.24) is 0 Å². The summed E-state index contributed by atoms with van der Waals surface area (Å²) in [6.07, 6.45) is 0. The zero-order chi connectivity index (χ0) is 4.99. The van der Waals surface area contributed by atoms with E-state index in [0.29, 0.717) is 0 Å². The second-order valence-electron chi connectivity index (χ2n) is 0.955. The van der Waals surface area contributed by atoms with Crippen LogP contribution in [0.15, 0.2) is 12.3 Å². The van der Waals surface area contributed by atoms with Crippen molar-refractivity contribution in [2.45, 2.75) is 6.92 Å². The summed E-state index contributed by atoms with van der Waals surface area (Å²) in [7, 11) is 5.34. The monoisotopic (exact) mass is 294 g/mol. The Hall–Kier alpha value is 0.765. The number of hydrogen-bond acceptors (Lipinski definition) is 1. The van der Waals surface area contributed by atoms with Gasteiger partial charge < -0.3 is 0 Å². The first-order chi connectivity index (χ1) is 2.77. The predicted octanol–water partition coefficient (Wildman–Crippen LogP) is 1.69. The zero-order valence-electron chi connectivity index (χ0n) is 3.70. The van der Waals surface area contributed by atoms with Crippen LogP contribution in [0.2, 0.25) is 0 Å². The van der Waals surface area contributed by atoms with Gasteiger partial charge >= 0.3 is 54.0 Å². The van der Waals surface area contributed by atoms with Gasteiger partial charge in [-0.1, -0.05) is 0 Å². The number of allylic oxidation sites excluding steroid dienone is 1. The van der Waals surface area contributed by atoms with E-state index in [2.05, 4.69) is 6.58 Å². The third-order valence-corrected chi connectivity index (χ3v) is 3.60. The Kier molecular flexibility index (Phi) is 4.44. The normalized spacial score (nSPS) is 6.33. The molecule has 0 fully saturated rings.